The van der Waals surface area contributed by atoms with Gasteiger partial charge in [0.1, 0.15) is 0 Å². The molecule has 1 aliphatic rings. The van der Waals surface area contributed by atoms with Crippen LogP contribution in [-0.2, 0) is 5.41 Å². The van der Waals surface area contributed by atoms with Gasteiger partial charge in [0.05, 0.1) is 11.4 Å². The van der Waals surface area contributed by atoms with Gasteiger partial charge in [-0.3, -0.25) is 0 Å². The second-order valence-electron chi connectivity index (χ2n) is 4.63. The molecule has 2 nitrogen and oxygen atoms in total. The van der Waals surface area contributed by atoms with Crippen LogP contribution in [0.3, 0.4) is 0 Å². The van der Waals surface area contributed by atoms with Crippen molar-refractivity contribution in [2.24, 2.45) is 0 Å². The van der Waals surface area contributed by atoms with Gasteiger partial charge in [0.15, 0.2) is 0 Å². The summed E-state index contributed by atoms with van der Waals surface area (Å²) in [5, 5.41) is 6.43. The number of anilines is 2. The Labute approximate surface area is 85.0 Å². The average molecular weight is 188 g/mol. The molecule has 0 saturated heterocycles. The topological polar surface area (TPSA) is 24.1 Å². The molecule has 74 valence electrons. The third-order valence-corrected chi connectivity index (χ3v) is 2.45. The minimum absolute atomic E-state index is 0.206. The Hall–Kier alpha value is -1.44. The lowest BCUT2D eigenvalue weighted by molar-refractivity contribution is 0.590. The molecule has 0 fully saturated rings. The van der Waals surface area contributed by atoms with Gasteiger partial charge in [-0.15, -0.1) is 0 Å². The predicted octanol–water partition coefficient (Wildman–Crippen LogP) is 3.29. The first-order valence-corrected chi connectivity index (χ1v) is 4.90. The van der Waals surface area contributed by atoms with Crippen molar-refractivity contribution in [3.05, 3.63) is 36.2 Å². The quantitative estimate of drug-likeness (QED) is 0.652. The van der Waals surface area contributed by atoms with Crippen LogP contribution in [0.2, 0.25) is 0 Å². The highest BCUT2D eigenvalue weighted by Gasteiger charge is 2.15. The van der Waals surface area contributed by atoms with Crippen molar-refractivity contribution in [2.75, 3.05) is 10.6 Å². The van der Waals surface area contributed by atoms with Crippen LogP contribution in [0.4, 0.5) is 11.4 Å². The van der Waals surface area contributed by atoms with Crippen molar-refractivity contribution in [2.45, 2.75) is 26.2 Å². The molecule has 2 rings (SSSR count). The fourth-order valence-electron chi connectivity index (χ4n) is 1.52. The van der Waals surface area contributed by atoms with Crippen LogP contribution >= 0.6 is 0 Å². The lowest BCUT2D eigenvalue weighted by Gasteiger charge is -2.22. The lowest BCUT2D eigenvalue weighted by Crippen LogP contribution is -2.12. The van der Waals surface area contributed by atoms with Crippen LogP contribution in [0.1, 0.15) is 26.3 Å². The van der Waals surface area contributed by atoms with Gasteiger partial charge in [0.25, 0.3) is 0 Å². The number of fused-ring (bicyclic) bond motifs is 1. The van der Waals surface area contributed by atoms with Gasteiger partial charge < -0.3 is 10.6 Å². The van der Waals surface area contributed by atoms with Gasteiger partial charge in [-0.25, -0.2) is 0 Å². The van der Waals surface area contributed by atoms with Gasteiger partial charge >= 0.3 is 0 Å². The minimum Gasteiger partial charge on any atom is -0.359 e. The third-order valence-electron chi connectivity index (χ3n) is 2.45. The molecule has 0 aliphatic carbocycles. The molecule has 0 amide bonds. The Morgan fingerprint density at radius 2 is 1.57 bits per heavy atom. The first-order valence-electron chi connectivity index (χ1n) is 4.90. The van der Waals surface area contributed by atoms with E-state index in [1.54, 1.807) is 0 Å². The van der Waals surface area contributed by atoms with E-state index in [0.29, 0.717) is 0 Å². The van der Waals surface area contributed by atoms with E-state index in [4.69, 9.17) is 0 Å². The van der Waals surface area contributed by atoms with Crippen molar-refractivity contribution < 1.29 is 0 Å². The van der Waals surface area contributed by atoms with E-state index >= 15 is 0 Å². The molecule has 0 radical (unpaired) electrons. The summed E-state index contributed by atoms with van der Waals surface area (Å²) in [6.45, 7) is 6.67. The zero-order chi connectivity index (χ0) is 10.2. The smallest absolute Gasteiger partial charge is 0.0622 e. The van der Waals surface area contributed by atoms with Crippen LogP contribution in [0, 0.1) is 0 Å². The normalized spacial score (nSPS) is 14.2. The second-order valence-corrected chi connectivity index (χ2v) is 4.63. The van der Waals surface area contributed by atoms with E-state index in [0.717, 1.165) is 11.4 Å². The van der Waals surface area contributed by atoms with Crippen LogP contribution in [0.5, 0.6) is 0 Å². The van der Waals surface area contributed by atoms with E-state index in [9.17, 15) is 0 Å². The molecule has 1 heterocycles. The Kier molecular flexibility index (Phi) is 1.99. The summed E-state index contributed by atoms with van der Waals surface area (Å²) in [7, 11) is 0. The summed E-state index contributed by atoms with van der Waals surface area (Å²) in [5.74, 6) is 0. The highest BCUT2D eigenvalue weighted by Crippen LogP contribution is 2.31. The van der Waals surface area contributed by atoms with E-state index in [1.807, 2.05) is 12.4 Å². The van der Waals surface area contributed by atoms with Crippen molar-refractivity contribution in [1.82, 2.24) is 0 Å². The molecule has 1 aromatic rings. The largest absolute Gasteiger partial charge is 0.359 e. The summed E-state index contributed by atoms with van der Waals surface area (Å²) >= 11 is 0. The molecule has 0 unspecified atom stereocenters. The standard InChI is InChI=1S/C12H16N2/c1-12(2,3)9-4-5-10-11(8-9)14-7-6-13-10/h4-8,13-14H,1-3H3. The molecular weight excluding hydrogens is 172 g/mol. The van der Waals surface area contributed by atoms with Gasteiger partial charge in [-0.2, -0.15) is 0 Å². The van der Waals surface area contributed by atoms with Crippen LogP contribution in [0.25, 0.3) is 0 Å². The molecule has 0 bridgehead atoms. The summed E-state index contributed by atoms with van der Waals surface area (Å²) in [4.78, 5) is 0. The van der Waals surface area contributed by atoms with Crippen LogP contribution < -0.4 is 10.6 Å². The number of rotatable bonds is 0. The Balaban J connectivity index is 2.41. The van der Waals surface area contributed by atoms with Gasteiger partial charge in [-0.1, -0.05) is 26.8 Å². The van der Waals surface area contributed by atoms with Gasteiger partial charge in [0.2, 0.25) is 0 Å². The van der Waals surface area contributed by atoms with Crippen molar-refractivity contribution >= 4 is 11.4 Å². The highest BCUT2D eigenvalue weighted by molar-refractivity contribution is 5.74. The lowest BCUT2D eigenvalue weighted by atomic mass is 9.86. The van der Waals surface area contributed by atoms with Crippen molar-refractivity contribution in [3.8, 4) is 0 Å². The Bertz CT molecular complexity index is 372. The zero-order valence-corrected chi connectivity index (χ0v) is 8.89. The number of hydrogen-bond donors (Lipinski definition) is 2. The van der Waals surface area contributed by atoms with E-state index in [-0.39, 0.29) is 5.41 Å². The number of hydrogen-bond acceptors (Lipinski definition) is 2. The van der Waals surface area contributed by atoms with E-state index < -0.39 is 0 Å². The molecular formula is C12H16N2. The maximum absolute atomic E-state index is 3.23. The Morgan fingerprint density at radius 1 is 0.929 bits per heavy atom. The third kappa shape index (κ3) is 1.60. The molecule has 0 spiro atoms. The van der Waals surface area contributed by atoms with Gasteiger partial charge in [0, 0.05) is 12.4 Å². The molecule has 1 aromatic carbocycles. The van der Waals surface area contributed by atoms with Crippen LogP contribution in [0.15, 0.2) is 30.6 Å². The van der Waals surface area contributed by atoms with Gasteiger partial charge in [-0.05, 0) is 23.1 Å². The summed E-state index contributed by atoms with van der Waals surface area (Å²) < 4.78 is 0. The molecule has 14 heavy (non-hydrogen) atoms. The summed E-state index contributed by atoms with van der Waals surface area (Å²) in [5.41, 5.74) is 3.85. The minimum atomic E-state index is 0.206. The predicted molar refractivity (Wildman–Crippen MR) is 61.5 cm³/mol. The van der Waals surface area contributed by atoms with Crippen molar-refractivity contribution in [3.63, 3.8) is 0 Å². The van der Waals surface area contributed by atoms with Crippen molar-refractivity contribution in [1.29, 1.82) is 0 Å². The Morgan fingerprint density at radius 3 is 2.21 bits per heavy atom. The first kappa shape index (κ1) is 9.13. The fraction of sp³-hybridized carbons (Fsp3) is 0.333. The molecule has 0 saturated carbocycles. The fourth-order valence-corrected chi connectivity index (χ4v) is 1.52. The summed E-state index contributed by atoms with van der Waals surface area (Å²) in [6.07, 6.45) is 3.81. The molecule has 2 N–H and O–H groups in total. The SMILES string of the molecule is CC(C)(C)c1ccc2c(c1)NC=CN2. The first-order chi connectivity index (χ1) is 6.57. The number of benzene rings is 1. The highest BCUT2D eigenvalue weighted by atomic mass is 15.0. The molecule has 0 atom stereocenters. The van der Waals surface area contributed by atoms with Crippen LogP contribution in [-0.4, -0.2) is 0 Å². The summed E-state index contributed by atoms with van der Waals surface area (Å²) in [6, 6.07) is 6.49. The maximum atomic E-state index is 3.23. The maximum Gasteiger partial charge on any atom is 0.0622 e. The van der Waals surface area contributed by atoms with E-state index in [2.05, 4.69) is 49.6 Å². The second kappa shape index (κ2) is 3.05. The monoisotopic (exact) mass is 188 g/mol. The molecule has 1 aliphatic heterocycles. The molecule has 2 heteroatoms. The zero-order valence-electron chi connectivity index (χ0n) is 8.89. The molecule has 0 aromatic heterocycles. The van der Waals surface area contributed by atoms with E-state index in [1.165, 1.54) is 5.56 Å². The average Bonchev–Trinajstić information content (AvgIpc) is 2.16. The number of nitrogens with one attached hydrogen (secondary N) is 2.